The molecule has 4 nitrogen and oxygen atoms in total. The fourth-order valence-corrected chi connectivity index (χ4v) is 3.46. The van der Waals surface area contributed by atoms with Crippen molar-refractivity contribution < 1.29 is 9.53 Å². The first-order valence-corrected chi connectivity index (χ1v) is 8.32. The highest BCUT2D eigenvalue weighted by molar-refractivity contribution is 8.27. The molecule has 0 radical (unpaired) electrons. The van der Waals surface area contributed by atoms with Crippen LogP contribution in [0.4, 0.5) is 5.69 Å². The molecule has 23 heavy (non-hydrogen) atoms. The van der Waals surface area contributed by atoms with Gasteiger partial charge < -0.3 is 4.74 Å². The third-order valence-electron chi connectivity index (χ3n) is 3.20. The van der Waals surface area contributed by atoms with Crippen LogP contribution < -0.4 is 9.64 Å². The fourth-order valence-electron chi connectivity index (χ4n) is 2.16. The molecule has 1 saturated heterocycles. The van der Waals surface area contributed by atoms with Gasteiger partial charge in [0.15, 0.2) is 4.32 Å². The Kier molecular flexibility index (Phi) is 4.73. The number of carbonyl (C=O) groups is 1. The molecule has 3 rings (SSSR count). The number of thiocarbonyl (C=S) groups is 1. The van der Waals surface area contributed by atoms with E-state index < -0.39 is 0 Å². The van der Waals surface area contributed by atoms with Crippen molar-refractivity contribution in [2.45, 2.75) is 6.92 Å². The van der Waals surface area contributed by atoms with E-state index in [0.717, 1.165) is 17.0 Å². The van der Waals surface area contributed by atoms with Crippen LogP contribution in [0.3, 0.4) is 0 Å². The number of anilines is 1. The molecule has 1 aliphatic rings. The lowest BCUT2D eigenvalue weighted by Crippen LogP contribution is -2.27. The van der Waals surface area contributed by atoms with E-state index in [-0.39, 0.29) is 5.91 Å². The molecule has 116 valence electrons. The highest BCUT2D eigenvalue weighted by atomic mass is 32.2. The van der Waals surface area contributed by atoms with Crippen LogP contribution in [-0.2, 0) is 4.79 Å². The van der Waals surface area contributed by atoms with E-state index in [1.54, 1.807) is 17.3 Å². The average Bonchev–Trinajstić information content (AvgIpc) is 2.84. The third kappa shape index (κ3) is 3.43. The van der Waals surface area contributed by atoms with Crippen molar-refractivity contribution in [1.29, 1.82) is 0 Å². The summed E-state index contributed by atoms with van der Waals surface area (Å²) in [7, 11) is 0. The lowest BCUT2D eigenvalue weighted by molar-refractivity contribution is -0.113. The van der Waals surface area contributed by atoms with E-state index in [0.29, 0.717) is 15.8 Å². The highest BCUT2D eigenvalue weighted by Crippen LogP contribution is 2.36. The molecule has 0 saturated carbocycles. The topological polar surface area (TPSA) is 42.4 Å². The number of carbonyl (C=O) groups excluding carboxylic acids is 1. The van der Waals surface area contributed by atoms with E-state index in [1.165, 1.54) is 11.8 Å². The van der Waals surface area contributed by atoms with Crippen LogP contribution in [0.2, 0.25) is 0 Å². The molecule has 1 amide bonds. The second kappa shape index (κ2) is 6.93. The average molecular weight is 342 g/mol. The second-order valence-electron chi connectivity index (χ2n) is 4.72. The van der Waals surface area contributed by atoms with Gasteiger partial charge in [0.1, 0.15) is 5.75 Å². The molecule has 0 N–H and O–H groups in total. The predicted octanol–water partition coefficient (Wildman–Crippen LogP) is 3.89. The molecule has 0 bridgehead atoms. The second-order valence-corrected chi connectivity index (χ2v) is 6.40. The lowest BCUT2D eigenvalue weighted by atomic mass is 10.2. The van der Waals surface area contributed by atoms with Gasteiger partial charge in [0.05, 0.1) is 17.2 Å². The molecule has 6 heteroatoms. The first kappa shape index (κ1) is 15.7. The van der Waals surface area contributed by atoms with Gasteiger partial charge >= 0.3 is 0 Å². The van der Waals surface area contributed by atoms with E-state index in [1.807, 2.05) is 49.4 Å². The van der Waals surface area contributed by atoms with Crippen LogP contribution in [-0.4, -0.2) is 21.8 Å². The minimum atomic E-state index is -0.110. The molecule has 2 heterocycles. The molecule has 0 aliphatic carbocycles. The summed E-state index contributed by atoms with van der Waals surface area (Å²) in [6.07, 6.45) is 5.22. The minimum Gasteiger partial charge on any atom is -0.494 e. The smallest absolute Gasteiger partial charge is 0.270 e. The Bertz CT molecular complexity index is 758. The van der Waals surface area contributed by atoms with Crippen molar-refractivity contribution in [3.63, 3.8) is 0 Å². The van der Waals surface area contributed by atoms with Crippen molar-refractivity contribution in [3.05, 3.63) is 59.3 Å². The Morgan fingerprint density at radius 3 is 2.57 bits per heavy atom. The van der Waals surface area contributed by atoms with Gasteiger partial charge in [-0.05, 0) is 55.0 Å². The zero-order chi connectivity index (χ0) is 16.2. The van der Waals surface area contributed by atoms with Gasteiger partial charge in [-0.25, -0.2) is 0 Å². The summed E-state index contributed by atoms with van der Waals surface area (Å²) in [5, 5.41) is 0. The Morgan fingerprint density at radius 1 is 1.22 bits per heavy atom. The van der Waals surface area contributed by atoms with E-state index in [4.69, 9.17) is 17.0 Å². The number of rotatable bonds is 4. The van der Waals surface area contributed by atoms with Crippen LogP contribution in [0.1, 0.15) is 12.5 Å². The van der Waals surface area contributed by atoms with Gasteiger partial charge in [-0.15, -0.1) is 0 Å². The van der Waals surface area contributed by atoms with Crippen molar-refractivity contribution in [2.75, 3.05) is 11.5 Å². The molecule has 2 aromatic rings. The maximum atomic E-state index is 12.6. The summed E-state index contributed by atoms with van der Waals surface area (Å²) in [6.45, 7) is 2.54. The van der Waals surface area contributed by atoms with Crippen molar-refractivity contribution in [1.82, 2.24) is 4.98 Å². The quantitative estimate of drug-likeness (QED) is 0.623. The monoisotopic (exact) mass is 342 g/mol. The van der Waals surface area contributed by atoms with Crippen molar-refractivity contribution >= 4 is 46.0 Å². The zero-order valence-corrected chi connectivity index (χ0v) is 14.1. The van der Waals surface area contributed by atoms with Gasteiger partial charge in [-0.2, -0.15) is 0 Å². The molecule has 1 aromatic carbocycles. The summed E-state index contributed by atoms with van der Waals surface area (Å²) in [6, 6.07) is 11.1. The van der Waals surface area contributed by atoms with Gasteiger partial charge in [-0.3, -0.25) is 14.7 Å². The molecule has 0 unspecified atom stereocenters. The minimum absolute atomic E-state index is 0.110. The number of ether oxygens (including phenoxy) is 1. The largest absolute Gasteiger partial charge is 0.494 e. The molecule has 0 spiro atoms. The number of amides is 1. The number of pyridine rings is 1. The number of nitrogens with zero attached hydrogens (tertiary/aromatic N) is 2. The van der Waals surface area contributed by atoms with Gasteiger partial charge in [-0.1, -0.05) is 24.0 Å². The Hall–Kier alpha value is -2.18. The van der Waals surface area contributed by atoms with Gasteiger partial charge in [0.2, 0.25) is 0 Å². The van der Waals surface area contributed by atoms with E-state index in [2.05, 4.69) is 4.98 Å². The molecular formula is C17H14N2O2S2. The van der Waals surface area contributed by atoms with Crippen molar-refractivity contribution in [3.8, 4) is 5.75 Å². The van der Waals surface area contributed by atoms with Crippen LogP contribution in [0.25, 0.3) is 6.08 Å². The van der Waals surface area contributed by atoms with Crippen molar-refractivity contribution in [2.24, 2.45) is 0 Å². The lowest BCUT2D eigenvalue weighted by Gasteiger charge is -2.15. The SMILES string of the molecule is CCOc1ccc(N2C(=O)/C(=C\c3ccncc3)SC2=S)cc1. The molecule has 1 fully saturated rings. The first-order valence-electron chi connectivity index (χ1n) is 7.10. The summed E-state index contributed by atoms with van der Waals surface area (Å²) in [5.41, 5.74) is 1.67. The Morgan fingerprint density at radius 2 is 1.91 bits per heavy atom. The maximum Gasteiger partial charge on any atom is 0.270 e. The summed E-state index contributed by atoms with van der Waals surface area (Å²) < 4.78 is 5.95. The normalized spacial score (nSPS) is 16.2. The predicted molar refractivity (Wildman–Crippen MR) is 97.5 cm³/mol. The first-order chi connectivity index (χ1) is 11.2. The van der Waals surface area contributed by atoms with Crippen LogP contribution in [0.15, 0.2) is 53.7 Å². The third-order valence-corrected chi connectivity index (χ3v) is 4.51. The number of hydrogen-bond acceptors (Lipinski definition) is 5. The summed E-state index contributed by atoms with van der Waals surface area (Å²) in [4.78, 5) is 18.8. The van der Waals surface area contributed by atoms with E-state index >= 15 is 0 Å². The van der Waals surface area contributed by atoms with Crippen LogP contribution >= 0.6 is 24.0 Å². The van der Waals surface area contributed by atoms with Crippen LogP contribution in [0, 0.1) is 0 Å². The highest BCUT2D eigenvalue weighted by Gasteiger charge is 2.33. The number of aromatic nitrogens is 1. The number of hydrogen-bond donors (Lipinski definition) is 0. The van der Waals surface area contributed by atoms with Crippen LogP contribution in [0.5, 0.6) is 5.75 Å². The van der Waals surface area contributed by atoms with Gasteiger partial charge in [0, 0.05) is 12.4 Å². The zero-order valence-electron chi connectivity index (χ0n) is 12.4. The molecule has 1 aliphatic heterocycles. The maximum absolute atomic E-state index is 12.6. The molecule has 0 atom stereocenters. The fraction of sp³-hybridized carbons (Fsp3) is 0.118. The Labute approximate surface area is 144 Å². The molecular weight excluding hydrogens is 328 g/mol. The summed E-state index contributed by atoms with van der Waals surface area (Å²) >= 11 is 6.66. The van der Waals surface area contributed by atoms with Gasteiger partial charge in [0.25, 0.3) is 5.91 Å². The Balaban J connectivity index is 1.85. The molecule has 1 aromatic heterocycles. The summed E-state index contributed by atoms with van der Waals surface area (Å²) in [5.74, 6) is 0.662. The number of benzene rings is 1. The number of thioether (sulfide) groups is 1. The van der Waals surface area contributed by atoms with E-state index in [9.17, 15) is 4.79 Å². The standard InChI is InChI=1S/C17H14N2O2S2/c1-2-21-14-5-3-13(4-6-14)19-16(20)15(23-17(19)22)11-12-7-9-18-10-8-12/h3-11H,2H2,1H3/b15-11+.